The van der Waals surface area contributed by atoms with Crippen LogP contribution in [0.15, 0.2) is 23.3 Å². The summed E-state index contributed by atoms with van der Waals surface area (Å²) in [5, 5.41) is 19.2. The fourth-order valence-corrected chi connectivity index (χ4v) is 1.32. The van der Waals surface area contributed by atoms with Gasteiger partial charge in [-0.1, -0.05) is 23.2 Å². The molecule has 6 nitrogen and oxygen atoms in total. The average Bonchev–Trinajstić information content (AvgIpc) is 2.41. The molecule has 0 aliphatic carbocycles. The fourth-order valence-electron chi connectivity index (χ4n) is 1.12. The van der Waals surface area contributed by atoms with Gasteiger partial charge in [-0.2, -0.15) is 19.1 Å². The molecule has 0 saturated carbocycles. The molecule has 0 aliphatic heterocycles. The normalized spacial score (nSPS) is 13.2. The topological polar surface area (TPSA) is 107 Å². The number of nitriles is 1. The Bertz CT molecular complexity index is 645. The number of nitrogens with two attached hydrogens (primary N) is 1. The highest BCUT2D eigenvalue weighted by Gasteiger charge is 2.42. The minimum Gasteiger partial charge on any atom is -0.429 e. The van der Waals surface area contributed by atoms with Crippen molar-refractivity contribution in [2.45, 2.75) is 11.7 Å². The monoisotopic (exact) mass is 353 g/mol. The van der Waals surface area contributed by atoms with Crippen LogP contribution < -0.4 is 15.9 Å². The molecule has 0 spiro atoms. The van der Waals surface area contributed by atoms with Gasteiger partial charge in [0.25, 0.3) is 5.63 Å². The van der Waals surface area contributed by atoms with Gasteiger partial charge in [0.2, 0.25) is 5.71 Å². The number of nitrogens with zero attached hydrogens (tertiary/aromatic N) is 2. The molecule has 0 heterocycles. The summed E-state index contributed by atoms with van der Waals surface area (Å²) in [6.45, 7) is 0. The second-order valence-electron chi connectivity index (χ2n) is 3.70. The molecule has 0 bridgehead atoms. The largest absolute Gasteiger partial charge is 0.444 e. The third-order valence-corrected chi connectivity index (χ3v) is 2.68. The first-order chi connectivity index (χ1) is 10.2. The van der Waals surface area contributed by atoms with Crippen molar-refractivity contribution in [1.29, 1.82) is 10.7 Å². The minimum atomic E-state index is -4.24. The van der Waals surface area contributed by atoms with Gasteiger partial charge in [-0.15, -0.1) is 0 Å². The van der Waals surface area contributed by atoms with Crippen molar-refractivity contribution >= 4 is 40.4 Å². The number of hydrazone groups is 1. The van der Waals surface area contributed by atoms with Gasteiger partial charge >= 0.3 is 6.11 Å². The molecular weight excluding hydrogens is 346 g/mol. The average molecular weight is 354 g/mol. The van der Waals surface area contributed by atoms with Crippen LogP contribution in [-0.2, 0) is 0 Å². The highest BCUT2D eigenvalue weighted by Crippen LogP contribution is 2.32. The van der Waals surface area contributed by atoms with Gasteiger partial charge in [-0.3, -0.25) is 10.8 Å². The lowest BCUT2D eigenvalue weighted by molar-refractivity contribution is -0.198. The molecule has 0 aliphatic rings. The first-order valence-corrected chi connectivity index (χ1v) is 6.21. The number of anilines is 1. The second-order valence-corrected chi connectivity index (χ2v) is 4.49. The standard InChI is InChI=1S/C11H8Cl2F3N5O/c12-6-2-1-5(22-11(15,16)10(13)14)3-7(6)20-21-8(4-17)9(18)19/h1-3,10,20H,(H3,18,19)/b21-8+. The number of ether oxygens (including phenoxy) is 1. The number of halogens is 5. The number of hydrogen-bond donors (Lipinski definition) is 3. The van der Waals surface area contributed by atoms with E-state index in [1.807, 2.05) is 0 Å². The van der Waals surface area contributed by atoms with Crippen molar-refractivity contribution < 1.29 is 17.9 Å². The Balaban J connectivity index is 3.01. The van der Waals surface area contributed by atoms with E-state index in [1.165, 1.54) is 12.1 Å². The first kappa shape index (κ1) is 17.9. The fraction of sp³-hybridized carbons (Fsp3) is 0.182. The van der Waals surface area contributed by atoms with Gasteiger partial charge in [-0.05, 0) is 12.1 Å². The van der Waals surface area contributed by atoms with Crippen LogP contribution in [0.4, 0.5) is 18.9 Å². The smallest absolute Gasteiger partial charge is 0.429 e. The van der Waals surface area contributed by atoms with Crippen molar-refractivity contribution in [3.63, 3.8) is 0 Å². The zero-order valence-corrected chi connectivity index (χ0v) is 12.1. The zero-order chi connectivity index (χ0) is 16.9. The van der Waals surface area contributed by atoms with Crippen LogP contribution in [0.2, 0.25) is 5.02 Å². The molecule has 1 unspecified atom stereocenters. The highest BCUT2D eigenvalue weighted by atomic mass is 35.5. The van der Waals surface area contributed by atoms with E-state index >= 15 is 0 Å². The Morgan fingerprint density at radius 3 is 2.68 bits per heavy atom. The van der Waals surface area contributed by atoms with Crippen molar-refractivity contribution in [2.24, 2.45) is 10.8 Å². The molecule has 0 saturated heterocycles. The van der Waals surface area contributed by atoms with Crippen molar-refractivity contribution in [2.75, 3.05) is 5.43 Å². The van der Waals surface area contributed by atoms with Crippen molar-refractivity contribution in [1.82, 2.24) is 0 Å². The molecule has 1 atom stereocenters. The lowest BCUT2D eigenvalue weighted by Gasteiger charge is -2.18. The van der Waals surface area contributed by atoms with Crippen LogP contribution in [0, 0.1) is 16.7 Å². The van der Waals surface area contributed by atoms with Gasteiger partial charge in [0.1, 0.15) is 11.8 Å². The van der Waals surface area contributed by atoms with Gasteiger partial charge in [-0.25, -0.2) is 4.39 Å². The quantitative estimate of drug-likeness (QED) is 0.316. The van der Waals surface area contributed by atoms with Crippen LogP contribution in [0.5, 0.6) is 5.75 Å². The zero-order valence-electron chi connectivity index (χ0n) is 10.6. The number of rotatable bonds is 6. The van der Waals surface area contributed by atoms with Gasteiger partial charge in [0.15, 0.2) is 5.84 Å². The van der Waals surface area contributed by atoms with Crippen LogP contribution in [0.25, 0.3) is 0 Å². The third kappa shape index (κ3) is 4.68. The van der Waals surface area contributed by atoms with E-state index in [0.29, 0.717) is 0 Å². The second kappa shape index (κ2) is 7.20. The van der Waals surface area contributed by atoms with Gasteiger partial charge in [0.05, 0.1) is 10.7 Å². The van der Waals surface area contributed by atoms with E-state index < -0.39 is 29.0 Å². The maximum atomic E-state index is 13.0. The maximum Gasteiger partial charge on any atom is 0.444 e. The minimum absolute atomic E-state index is 0.0334. The molecule has 0 aromatic heterocycles. The van der Waals surface area contributed by atoms with Crippen LogP contribution in [0.3, 0.4) is 0 Å². The Kier molecular flexibility index (Phi) is 5.84. The molecule has 11 heteroatoms. The molecule has 118 valence electrons. The molecule has 1 aromatic rings. The van der Waals surface area contributed by atoms with Crippen LogP contribution in [-0.4, -0.2) is 23.3 Å². The predicted molar refractivity (Wildman–Crippen MR) is 76.4 cm³/mol. The summed E-state index contributed by atoms with van der Waals surface area (Å²) in [5.74, 6) is -1.05. The SMILES string of the molecule is N#C/C(=N\Nc1cc(OC(F)(F)C(F)Cl)ccc1Cl)C(=N)N. The number of benzene rings is 1. The Morgan fingerprint density at radius 2 is 2.18 bits per heavy atom. The van der Waals surface area contributed by atoms with Crippen molar-refractivity contribution in [3.05, 3.63) is 23.2 Å². The predicted octanol–water partition coefficient (Wildman–Crippen LogP) is 3.07. The van der Waals surface area contributed by atoms with Crippen LogP contribution >= 0.6 is 23.2 Å². The molecule has 22 heavy (non-hydrogen) atoms. The first-order valence-electron chi connectivity index (χ1n) is 5.40. The van der Waals surface area contributed by atoms with Crippen LogP contribution in [0.1, 0.15) is 0 Å². The van der Waals surface area contributed by atoms with E-state index in [0.717, 1.165) is 12.1 Å². The summed E-state index contributed by atoms with van der Waals surface area (Å²) in [6, 6.07) is 4.74. The highest BCUT2D eigenvalue weighted by molar-refractivity contribution is 6.46. The number of alkyl halides is 4. The Hall–Kier alpha value is -2.18. The summed E-state index contributed by atoms with van der Waals surface area (Å²) < 4.78 is 42.7. The number of amidine groups is 1. The van der Waals surface area contributed by atoms with E-state index in [1.54, 1.807) is 0 Å². The lowest BCUT2D eigenvalue weighted by atomic mass is 10.3. The van der Waals surface area contributed by atoms with E-state index in [4.69, 9.17) is 28.0 Å². The Labute approximate surface area is 132 Å². The molecule has 0 amide bonds. The summed E-state index contributed by atoms with van der Waals surface area (Å²) in [7, 11) is 0. The summed E-state index contributed by atoms with van der Waals surface area (Å²) >= 11 is 10.5. The molecular formula is C11H8Cl2F3N5O. The summed E-state index contributed by atoms with van der Waals surface area (Å²) in [4.78, 5) is 0. The van der Waals surface area contributed by atoms with Gasteiger partial charge < -0.3 is 10.5 Å². The molecule has 1 aromatic carbocycles. The number of nitrogens with one attached hydrogen (secondary N) is 2. The van der Waals surface area contributed by atoms with E-state index in [2.05, 4.69) is 26.9 Å². The summed E-state index contributed by atoms with van der Waals surface area (Å²) in [6.07, 6.45) is -4.24. The molecule has 1 rings (SSSR count). The van der Waals surface area contributed by atoms with Crippen molar-refractivity contribution in [3.8, 4) is 11.8 Å². The van der Waals surface area contributed by atoms with Gasteiger partial charge in [0, 0.05) is 6.07 Å². The molecule has 4 N–H and O–H groups in total. The number of hydrogen-bond acceptors (Lipinski definition) is 5. The summed E-state index contributed by atoms with van der Waals surface area (Å²) in [5.41, 5.74) is 3.81. The van der Waals surface area contributed by atoms with E-state index in [9.17, 15) is 13.2 Å². The lowest BCUT2D eigenvalue weighted by Crippen LogP contribution is -2.32. The molecule has 0 radical (unpaired) electrons. The maximum absolute atomic E-state index is 13.0. The Morgan fingerprint density at radius 1 is 1.55 bits per heavy atom. The molecule has 0 fully saturated rings. The van der Waals surface area contributed by atoms with E-state index in [-0.39, 0.29) is 10.7 Å². The third-order valence-electron chi connectivity index (χ3n) is 2.09.